The third-order valence-electron chi connectivity index (χ3n) is 6.72. The normalized spacial score (nSPS) is 21.6. The molecule has 0 bridgehead atoms. The van der Waals surface area contributed by atoms with E-state index in [2.05, 4.69) is 26.0 Å². The van der Waals surface area contributed by atoms with E-state index in [4.69, 9.17) is 4.74 Å². The van der Waals surface area contributed by atoms with Gasteiger partial charge in [-0.25, -0.2) is 13.8 Å². The summed E-state index contributed by atoms with van der Waals surface area (Å²) in [6, 6.07) is 4.31. The van der Waals surface area contributed by atoms with Crippen molar-refractivity contribution in [1.82, 2.24) is 24.5 Å². The maximum atomic E-state index is 13.3. The number of methoxy groups -OCH3 is 1. The Morgan fingerprint density at radius 3 is 2.77 bits per heavy atom. The van der Waals surface area contributed by atoms with Gasteiger partial charge in [0.25, 0.3) is 17.4 Å². The number of halogens is 2. The molecule has 3 aromatic heterocycles. The van der Waals surface area contributed by atoms with Crippen LogP contribution in [0, 0.1) is 0 Å². The molecule has 3 heterocycles. The number of pyridine rings is 1. The summed E-state index contributed by atoms with van der Waals surface area (Å²) in [6.07, 6.45) is 4.86. The molecule has 0 aliphatic heterocycles. The Bertz CT molecular complexity index is 1310. The molecule has 5 rings (SSSR count). The Morgan fingerprint density at radius 2 is 2.09 bits per heavy atom. The van der Waals surface area contributed by atoms with Crippen molar-refractivity contribution in [2.75, 3.05) is 24.8 Å². The number of rotatable bonds is 7. The monoisotopic (exact) mass is 487 g/mol. The van der Waals surface area contributed by atoms with Crippen LogP contribution in [0.5, 0.6) is 0 Å². The Labute approximate surface area is 199 Å². The molecule has 10 nitrogen and oxygen atoms in total. The topological polar surface area (TPSA) is 115 Å². The van der Waals surface area contributed by atoms with E-state index >= 15 is 0 Å². The van der Waals surface area contributed by atoms with Crippen LogP contribution in [-0.2, 0) is 4.74 Å². The summed E-state index contributed by atoms with van der Waals surface area (Å²) < 4.78 is 34.9. The molecule has 3 N–H and O–H groups in total. The number of anilines is 3. The van der Waals surface area contributed by atoms with Crippen molar-refractivity contribution in [2.24, 2.45) is 0 Å². The van der Waals surface area contributed by atoms with Gasteiger partial charge < -0.3 is 25.3 Å². The number of alkyl halides is 2. The lowest BCUT2D eigenvalue weighted by Crippen LogP contribution is -2.41. The number of amides is 1. The first-order chi connectivity index (χ1) is 16.8. The van der Waals surface area contributed by atoms with E-state index in [0.29, 0.717) is 22.8 Å². The highest BCUT2D eigenvalue weighted by Gasteiger charge is 2.46. The predicted octanol–water partition coefficient (Wildman–Crippen LogP) is 2.94. The molecule has 3 aromatic rings. The predicted molar refractivity (Wildman–Crippen MR) is 126 cm³/mol. The number of hydrogen-bond acceptors (Lipinski definition) is 7. The van der Waals surface area contributed by atoms with E-state index in [1.165, 1.54) is 21.5 Å². The van der Waals surface area contributed by atoms with Crippen LogP contribution in [0.2, 0.25) is 0 Å². The zero-order valence-corrected chi connectivity index (χ0v) is 19.4. The molecule has 2 atom stereocenters. The molecule has 186 valence electrons. The number of carbonyl (C=O) groups is 1. The van der Waals surface area contributed by atoms with Crippen molar-refractivity contribution in [3.05, 3.63) is 46.5 Å². The van der Waals surface area contributed by atoms with Crippen LogP contribution in [0.1, 0.15) is 48.5 Å². The molecule has 0 spiro atoms. The van der Waals surface area contributed by atoms with E-state index in [1.54, 1.807) is 32.4 Å². The maximum absolute atomic E-state index is 13.3. The fourth-order valence-electron chi connectivity index (χ4n) is 4.77. The zero-order valence-electron chi connectivity index (χ0n) is 19.4. The van der Waals surface area contributed by atoms with Gasteiger partial charge in [-0.15, -0.1) is 0 Å². The van der Waals surface area contributed by atoms with E-state index in [0.717, 1.165) is 19.3 Å². The lowest BCUT2D eigenvalue weighted by atomic mass is 9.88. The Kier molecular flexibility index (Phi) is 5.91. The molecule has 0 saturated heterocycles. The SMILES string of the molecule is CNc1cc(Nc2cccn(C3CC(F)(F)C3)c2=O)nc2c(C(=O)NC3CC[C@H](OC)C3)cnn12. The molecule has 2 fully saturated rings. The molecule has 12 heteroatoms. The first kappa shape index (κ1) is 23.2. The smallest absolute Gasteiger partial charge is 0.274 e. The minimum absolute atomic E-state index is 0.00847. The molecular formula is C23H27F2N7O3. The first-order valence-corrected chi connectivity index (χ1v) is 11.5. The van der Waals surface area contributed by atoms with E-state index in [-0.39, 0.29) is 36.6 Å². The molecule has 0 aromatic carbocycles. The zero-order chi connectivity index (χ0) is 24.7. The minimum atomic E-state index is -2.73. The van der Waals surface area contributed by atoms with Crippen molar-refractivity contribution < 1.29 is 18.3 Å². The molecule has 35 heavy (non-hydrogen) atoms. The minimum Gasteiger partial charge on any atom is -0.381 e. The van der Waals surface area contributed by atoms with Gasteiger partial charge in [0.15, 0.2) is 5.65 Å². The summed E-state index contributed by atoms with van der Waals surface area (Å²) in [5.41, 5.74) is 0.394. The average molecular weight is 488 g/mol. The second kappa shape index (κ2) is 8.91. The number of nitrogens with zero attached hydrogens (tertiary/aromatic N) is 4. The third-order valence-corrected chi connectivity index (χ3v) is 6.72. The third kappa shape index (κ3) is 4.45. The van der Waals surface area contributed by atoms with Crippen molar-refractivity contribution in [3.8, 4) is 0 Å². The van der Waals surface area contributed by atoms with Crippen molar-refractivity contribution in [2.45, 2.75) is 56.2 Å². The van der Waals surface area contributed by atoms with Crippen LogP contribution in [0.15, 0.2) is 35.4 Å². The summed E-state index contributed by atoms with van der Waals surface area (Å²) in [5, 5.41) is 13.3. The highest BCUT2D eigenvalue weighted by molar-refractivity contribution is 6.00. The molecule has 1 unspecified atom stereocenters. The fraction of sp³-hybridized carbons (Fsp3) is 0.478. The number of carbonyl (C=O) groups excluding carboxylic acids is 1. The number of ether oxygens (including phenoxy) is 1. The number of hydrogen-bond donors (Lipinski definition) is 3. The van der Waals surface area contributed by atoms with Gasteiger partial charge in [-0.2, -0.15) is 9.61 Å². The highest BCUT2D eigenvalue weighted by atomic mass is 19.3. The molecule has 2 aliphatic carbocycles. The number of aromatic nitrogens is 4. The summed E-state index contributed by atoms with van der Waals surface area (Å²) >= 11 is 0. The lowest BCUT2D eigenvalue weighted by molar-refractivity contribution is -0.104. The van der Waals surface area contributed by atoms with Crippen LogP contribution >= 0.6 is 0 Å². The van der Waals surface area contributed by atoms with Crippen molar-refractivity contribution in [1.29, 1.82) is 0 Å². The van der Waals surface area contributed by atoms with Crippen LogP contribution in [0.4, 0.5) is 26.1 Å². The molecule has 0 radical (unpaired) electrons. The first-order valence-electron chi connectivity index (χ1n) is 11.5. The van der Waals surface area contributed by atoms with E-state index in [1.807, 2.05) is 0 Å². The van der Waals surface area contributed by atoms with Gasteiger partial charge in [-0.05, 0) is 31.4 Å². The lowest BCUT2D eigenvalue weighted by Gasteiger charge is -2.36. The largest absolute Gasteiger partial charge is 0.381 e. The molecular weight excluding hydrogens is 460 g/mol. The summed E-state index contributed by atoms with van der Waals surface area (Å²) in [4.78, 5) is 30.5. The standard InChI is InChI=1S/C23H27F2N7O3/c1-26-19-9-18(29-17-4-3-7-31(22(17)34)14-10-23(24,25)11-14)30-20-16(12-27-32(19)20)21(33)28-13-5-6-15(8-13)35-2/h3-4,7,9,12-15,26H,5-6,8,10-11H2,1-2H3,(H,28,33)(H,29,30)/t13?,15-/m0/s1. The summed E-state index contributed by atoms with van der Waals surface area (Å²) in [6.45, 7) is 0. The van der Waals surface area contributed by atoms with Crippen LogP contribution in [0.25, 0.3) is 5.65 Å². The second-order valence-corrected chi connectivity index (χ2v) is 9.09. The van der Waals surface area contributed by atoms with Gasteiger partial charge in [0.1, 0.15) is 22.9 Å². The van der Waals surface area contributed by atoms with Crippen LogP contribution in [0.3, 0.4) is 0 Å². The van der Waals surface area contributed by atoms with Gasteiger partial charge in [0.05, 0.1) is 12.3 Å². The van der Waals surface area contributed by atoms with E-state index < -0.39 is 17.5 Å². The summed E-state index contributed by atoms with van der Waals surface area (Å²) in [5.74, 6) is -2.16. The Hall–Kier alpha value is -3.54. The summed E-state index contributed by atoms with van der Waals surface area (Å²) in [7, 11) is 3.37. The van der Waals surface area contributed by atoms with E-state index in [9.17, 15) is 18.4 Å². The number of nitrogens with one attached hydrogen (secondary N) is 3. The quantitative estimate of drug-likeness (QED) is 0.469. The van der Waals surface area contributed by atoms with Crippen molar-refractivity contribution >= 4 is 28.9 Å². The second-order valence-electron chi connectivity index (χ2n) is 9.09. The van der Waals surface area contributed by atoms with Gasteiger partial charge in [-0.3, -0.25) is 9.59 Å². The van der Waals surface area contributed by atoms with Gasteiger partial charge >= 0.3 is 0 Å². The maximum Gasteiger partial charge on any atom is 0.274 e. The van der Waals surface area contributed by atoms with Gasteiger partial charge in [-0.1, -0.05) is 0 Å². The Balaban J connectivity index is 1.42. The van der Waals surface area contributed by atoms with Gasteiger partial charge in [0.2, 0.25) is 0 Å². The Morgan fingerprint density at radius 1 is 1.29 bits per heavy atom. The average Bonchev–Trinajstić information content (AvgIpc) is 3.45. The van der Waals surface area contributed by atoms with Crippen molar-refractivity contribution in [3.63, 3.8) is 0 Å². The van der Waals surface area contributed by atoms with Gasteiger partial charge in [0, 0.05) is 51.3 Å². The van der Waals surface area contributed by atoms with Crippen LogP contribution in [-0.4, -0.2) is 57.3 Å². The molecule has 2 saturated carbocycles. The van der Waals surface area contributed by atoms with Crippen LogP contribution < -0.4 is 21.5 Å². The fourth-order valence-corrected chi connectivity index (χ4v) is 4.77. The molecule has 2 aliphatic rings. The molecule has 1 amide bonds. The highest BCUT2D eigenvalue weighted by Crippen LogP contribution is 2.44. The number of fused-ring (bicyclic) bond motifs is 1.